The number of guanidine groups is 1. The summed E-state index contributed by atoms with van der Waals surface area (Å²) < 4.78 is 13.6. The summed E-state index contributed by atoms with van der Waals surface area (Å²) >= 11 is 0. The van der Waals surface area contributed by atoms with Crippen molar-refractivity contribution in [2.24, 2.45) is 4.99 Å². The molecule has 0 unspecified atom stereocenters. The van der Waals surface area contributed by atoms with Gasteiger partial charge in [-0.05, 0) is 37.5 Å². The fourth-order valence-electron chi connectivity index (χ4n) is 4.17. The van der Waals surface area contributed by atoms with Gasteiger partial charge >= 0.3 is 0 Å². The second-order valence-corrected chi connectivity index (χ2v) is 8.31. The fraction of sp³-hybridized carbons (Fsp3) is 0.652. The van der Waals surface area contributed by atoms with Crippen LogP contribution in [0.5, 0.6) is 0 Å². The number of nitrogens with zero attached hydrogens (tertiary/aromatic N) is 4. The number of aliphatic hydroxyl groups excluding tert-OH is 1. The first-order valence-corrected chi connectivity index (χ1v) is 11.5. The van der Waals surface area contributed by atoms with Crippen LogP contribution >= 0.6 is 0 Å². The number of halogens is 1. The first-order chi connectivity index (χ1) is 15.1. The summed E-state index contributed by atoms with van der Waals surface area (Å²) in [6, 6.07) is 4.74. The average Bonchev–Trinajstić information content (AvgIpc) is 3.08. The molecule has 2 fully saturated rings. The van der Waals surface area contributed by atoms with Crippen LogP contribution in [0.2, 0.25) is 0 Å². The maximum atomic E-state index is 13.6. The second kappa shape index (κ2) is 12.0. The Kier molecular flexibility index (Phi) is 9.09. The van der Waals surface area contributed by atoms with Gasteiger partial charge in [-0.1, -0.05) is 18.9 Å². The fourth-order valence-corrected chi connectivity index (χ4v) is 4.17. The van der Waals surface area contributed by atoms with E-state index in [0.717, 1.165) is 70.2 Å². The average molecular weight is 434 g/mol. The Morgan fingerprint density at radius 2 is 1.77 bits per heavy atom. The summed E-state index contributed by atoms with van der Waals surface area (Å²) in [6.45, 7) is 8.48. The molecule has 0 bridgehead atoms. The monoisotopic (exact) mass is 433 g/mol. The number of likely N-dealkylation sites (tertiary alicyclic amines) is 1. The molecule has 0 aromatic heterocycles. The Balaban J connectivity index is 1.52. The molecule has 0 atom stereocenters. The summed E-state index contributed by atoms with van der Waals surface area (Å²) in [7, 11) is 0. The van der Waals surface area contributed by atoms with Crippen LogP contribution in [-0.2, 0) is 17.9 Å². The van der Waals surface area contributed by atoms with Crippen LogP contribution in [0, 0.1) is 5.82 Å². The lowest BCUT2D eigenvalue weighted by atomic mass is 10.1. The zero-order valence-electron chi connectivity index (χ0n) is 18.7. The van der Waals surface area contributed by atoms with Gasteiger partial charge in [-0.15, -0.1) is 0 Å². The lowest BCUT2D eigenvalue weighted by Gasteiger charge is -2.37. The maximum absolute atomic E-state index is 13.6. The molecule has 3 rings (SSSR count). The van der Waals surface area contributed by atoms with E-state index in [0.29, 0.717) is 18.7 Å². The smallest absolute Gasteiger partial charge is 0.236 e. The van der Waals surface area contributed by atoms with Crippen molar-refractivity contribution in [2.45, 2.75) is 45.8 Å². The first-order valence-electron chi connectivity index (χ1n) is 11.5. The molecular formula is C23H36FN5O2. The van der Waals surface area contributed by atoms with Crippen molar-refractivity contribution in [3.8, 4) is 0 Å². The number of aliphatic hydroxyl groups is 1. The van der Waals surface area contributed by atoms with Crippen molar-refractivity contribution in [1.29, 1.82) is 0 Å². The molecular weight excluding hydrogens is 397 g/mol. The van der Waals surface area contributed by atoms with Crippen molar-refractivity contribution in [3.63, 3.8) is 0 Å². The van der Waals surface area contributed by atoms with Gasteiger partial charge in [0.25, 0.3) is 0 Å². The van der Waals surface area contributed by atoms with Crippen molar-refractivity contribution in [1.82, 2.24) is 20.0 Å². The number of aliphatic imine (C=N–C) groups is 1. The van der Waals surface area contributed by atoms with Crippen LogP contribution in [0.3, 0.4) is 0 Å². The number of benzene rings is 1. The minimum atomic E-state index is -0.395. The number of carbonyl (C=O) groups is 1. The van der Waals surface area contributed by atoms with E-state index in [1.54, 1.807) is 12.1 Å². The van der Waals surface area contributed by atoms with Gasteiger partial charge in [0.2, 0.25) is 5.91 Å². The van der Waals surface area contributed by atoms with Crippen LogP contribution < -0.4 is 5.32 Å². The normalized spacial score (nSPS) is 18.7. The molecule has 31 heavy (non-hydrogen) atoms. The predicted molar refractivity (Wildman–Crippen MR) is 120 cm³/mol. The van der Waals surface area contributed by atoms with Gasteiger partial charge in [-0.3, -0.25) is 9.69 Å². The van der Waals surface area contributed by atoms with Crippen molar-refractivity contribution in [2.75, 3.05) is 52.4 Å². The third-order valence-corrected chi connectivity index (χ3v) is 6.02. The molecule has 2 aliphatic heterocycles. The highest BCUT2D eigenvalue weighted by Gasteiger charge is 2.23. The molecule has 0 radical (unpaired) electrons. The molecule has 2 heterocycles. The van der Waals surface area contributed by atoms with Gasteiger partial charge in [0.1, 0.15) is 5.82 Å². The molecule has 2 aliphatic rings. The van der Waals surface area contributed by atoms with Gasteiger partial charge in [0, 0.05) is 51.4 Å². The van der Waals surface area contributed by atoms with E-state index in [1.165, 1.54) is 18.9 Å². The Morgan fingerprint density at radius 3 is 2.42 bits per heavy atom. The summed E-state index contributed by atoms with van der Waals surface area (Å²) in [4.78, 5) is 23.9. The van der Waals surface area contributed by atoms with E-state index < -0.39 is 5.82 Å². The third-order valence-electron chi connectivity index (χ3n) is 6.02. The number of hydrogen-bond acceptors (Lipinski definition) is 4. The molecule has 2 saturated heterocycles. The molecule has 7 nitrogen and oxygen atoms in total. The molecule has 1 amide bonds. The van der Waals surface area contributed by atoms with Crippen LogP contribution in [-0.4, -0.2) is 84.0 Å². The number of rotatable bonds is 6. The Hall–Kier alpha value is -2.19. The van der Waals surface area contributed by atoms with Crippen molar-refractivity contribution < 1.29 is 14.3 Å². The second-order valence-electron chi connectivity index (χ2n) is 8.31. The third kappa shape index (κ3) is 6.90. The van der Waals surface area contributed by atoms with E-state index in [-0.39, 0.29) is 12.5 Å². The molecule has 0 aliphatic carbocycles. The van der Waals surface area contributed by atoms with E-state index in [9.17, 15) is 14.3 Å². The highest BCUT2D eigenvalue weighted by molar-refractivity contribution is 5.80. The van der Waals surface area contributed by atoms with Crippen LogP contribution in [0.4, 0.5) is 4.39 Å². The van der Waals surface area contributed by atoms with Crippen LogP contribution in [0.25, 0.3) is 0 Å². The summed E-state index contributed by atoms with van der Waals surface area (Å²) in [5.41, 5.74) is 1.16. The molecule has 172 valence electrons. The molecule has 1 aromatic rings. The van der Waals surface area contributed by atoms with Gasteiger partial charge in [-0.25, -0.2) is 9.38 Å². The standard InChI is InChI=1S/C23H36FN5O2/c1-2-25-23(26-16-19-7-8-21(24)20(15-19)18-30)29-13-11-27(12-14-29)17-22(31)28-9-5-3-4-6-10-28/h7-8,15,30H,2-6,9-14,16-18H2,1H3,(H,25,26). The van der Waals surface area contributed by atoms with E-state index in [2.05, 4.69) is 15.1 Å². The van der Waals surface area contributed by atoms with Gasteiger partial charge in [0.05, 0.1) is 19.7 Å². The number of piperazine rings is 1. The van der Waals surface area contributed by atoms with E-state index in [1.807, 2.05) is 11.8 Å². The van der Waals surface area contributed by atoms with E-state index in [4.69, 9.17) is 4.99 Å². The number of carbonyl (C=O) groups excluding carboxylic acids is 1. The molecule has 1 aromatic carbocycles. The topological polar surface area (TPSA) is 71.4 Å². The SMILES string of the molecule is CCNC(=NCc1ccc(F)c(CO)c1)N1CCN(CC(=O)N2CCCCCC2)CC1. The maximum Gasteiger partial charge on any atom is 0.236 e. The molecule has 0 saturated carbocycles. The highest BCUT2D eigenvalue weighted by atomic mass is 19.1. The lowest BCUT2D eigenvalue weighted by molar-refractivity contribution is -0.132. The van der Waals surface area contributed by atoms with E-state index >= 15 is 0 Å². The highest BCUT2D eigenvalue weighted by Crippen LogP contribution is 2.13. The predicted octanol–water partition coefficient (Wildman–Crippen LogP) is 1.80. The van der Waals surface area contributed by atoms with Crippen molar-refractivity contribution >= 4 is 11.9 Å². The zero-order chi connectivity index (χ0) is 22.1. The minimum Gasteiger partial charge on any atom is -0.392 e. The lowest BCUT2D eigenvalue weighted by Crippen LogP contribution is -2.54. The number of hydrogen-bond donors (Lipinski definition) is 2. The van der Waals surface area contributed by atoms with Gasteiger partial charge in [0.15, 0.2) is 5.96 Å². The van der Waals surface area contributed by atoms with Crippen LogP contribution in [0.1, 0.15) is 43.7 Å². The minimum absolute atomic E-state index is 0.256. The van der Waals surface area contributed by atoms with Crippen molar-refractivity contribution in [3.05, 3.63) is 35.1 Å². The quantitative estimate of drug-likeness (QED) is 0.529. The number of nitrogens with one attached hydrogen (secondary N) is 1. The molecule has 0 spiro atoms. The largest absolute Gasteiger partial charge is 0.392 e. The molecule has 2 N–H and O–H groups in total. The van der Waals surface area contributed by atoms with Gasteiger partial charge < -0.3 is 20.2 Å². The Labute approximate surface area is 184 Å². The zero-order valence-corrected chi connectivity index (χ0v) is 18.7. The van der Waals surface area contributed by atoms with Crippen LogP contribution in [0.15, 0.2) is 23.2 Å². The molecule has 8 heteroatoms. The Bertz CT molecular complexity index is 741. The Morgan fingerprint density at radius 1 is 1.06 bits per heavy atom. The summed E-state index contributed by atoms with van der Waals surface area (Å²) in [6.07, 6.45) is 4.70. The number of amides is 1. The first kappa shape index (κ1) is 23.5. The summed E-state index contributed by atoms with van der Waals surface area (Å²) in [5, 5.41) is 12.6. The summed E-state index contributed by atoms with van der Waals surface area (Å²) in [5.74, 6) is 0.691. The van der Waals surface area contributed by atoms with Gasteiger partial charge in [-0.2, -0.15) is 0 Å².